The van der Waals surface area contributed by atoms with Crippen molar-refractivity contribution in [3.8, 4) is 0 Å². The van der Waals surface area contributed by atoms with Crippen molar-refractivity contribution in [1.82, 2.24) is 0 Å². The van der Waals surface area contributed by atoms with Crippen LogP contribution in [0.4, 0.5) is 13.2 Å². The fourth-order valence-corrected chi connectivity index (χ4v) is 2.35. The summed E-state index contributed by atoms with van der Waals surface area (Å²) < 4.78 is 44.1. The second-order valence-corrected chi connectivity index (χ2v) is 4.19. The minimum atomic E-state index is -4.48. The minimum absolute atomic E-state index is 0.113. The Kier molecular flexibility index (Phi) is 4.02. The van der Waals surface area contributed by atoms with Crippen molar-refractivity contribution in [3.63, 3.8) is 0 Å². The monoisotopic (exact) mass is 238 g/mol. The maximum absolute atomic E-state index is 13.1. The molecule has 1 aliphatic carbocycles. The number of ether oxygens (including phenoxy) is 1. The molecule has 0 saturated heterocycles. The van der Waals surface area contributed by atoms with E-state index in [1.807, 2.05) is 0 Å². The molecule has 0 heterocycles. The molecule has 0 aromatic rings. The van der Waals surface area contributed by atoms with Gasteiger partial charge in [0.2, 0.25) is 0 Å². The molecule has 0 radical (unpaired) electrons. The molecule has 0 aromatic carbocycles. The molecular weight excluding hydrogens is 221 g/mol. The largest absolute Gasteiger partial charge is 0.418 e. The Balaban J connectivity index is 3.04. The molecule has 3 atom stereocenters. The van der Waals surface area contributed by atoms with E-state index >= 15 is 0 Å². The molecule has 0 bridgehead atoms. The summed E-state index contributed by atoms with van der Waals surface area (Å²) in [5, 5.41) is 9.09. The topological polar surface area (TPSA) is 29.5 Å². The molecule has 5 heteroatoms. The summed E-state index contributed by atoms with van der Waals surface area (Å²) >= 11 is 0. The van der Waals surface area contributed by atoms with Crippen LogP contribution in [0.3, 0.4) is 0 Å². The summed E-state index contributed by atoms with van der Waals surface area (Å²) in [6.07, 6.45) is -3.15. The van der Waals surface area contributed by atoms with Crippen LogP contribution in [0, 0.1) is 5.92 Å². The van der Waals surface area contributed by atoms with Gasteiger partial charge in [0.15, 0.2) is 11.9 Å². The van der Waals surface area contributed by atoms with Gasteiger partial charge in [0, 0.05) is 5.92 Å². The third-order valence-electron chi connectivity index (χ3n) is 3.06. The first kappa shape index (κ1) is 13.5. The lowest BCUT2D eigenvalue weighted by molar-refractivity contribution is -0.334. The SMILES string of the molecule is C=CC1CCCCC1(OC(C)O)C(F)(F)F. The number of aliphatic hydroxyl groups excluding tert-OH is 1. The normalized spacial score (nSPS) is 33.4. The summed E-state index contributed by atoms with van der Waals surface area (Å²) in [6.45, 7) is 4.64. The number of hydrogen-bond donors (Lipinski definition) is 1. The molecule has 0 spiro atoms. The zero-order chi connectivity index (χ0) is 12.4. The summed E-state index contributed by atoms with van der Waals surface area (Å²) in [6, 6.07) is 0. The van der Waals surface area contributed by atoms with E-state index in [2.05, 4.69) is 6.58 Å². The predicted octanol–water partition coefficient (Wildman–Crippen LogP) is 3.02. The number of alkyl halides is 3. The van der Waals surface area contributed by atoms with E-state index in [1.165, 1.54) is 13.0 Å². The highest BCUT2D eigenvalue weighted by Crippen LogP contribution is 2.48. The quantitative estimate of drug-likeness (QED) is 0.605. The maximum Gasteiger partial charge on any atom is 0.418 e. The third-order valence-corrected chi connectivity index (χ3v) is 3.06. The van der Waals surface area contributed by atoms with Crippen LogP contribution < -0.4 is 0 Å². The van der Waals surface area contributed by atoms with Gasteiger partial charge in [-0.15, -0.1) is 6.58 Å². The Morgan fingerprint density at radius 2 is 2.12 bits per heavy atom. The van der Waals surface area contributed by atoms with Crippen LogP contribution in [0.5, 0.6) is 0 Å². The van der Waals surface area contributed by atoms with E-state index in [9.17, 15) is 13.2 Å². The average molecular weight is 238 g/mol. The van der Waals surface area contributed by atoms with E-state index in [0.717, 1.165) is 6.42 Å². The van der Waals surface area contributed by atoms with Crippen LogP contribution in [0.15, 0.2) is 12.7 Å². The van der Waals surface area contributed by atoms with Crippen molar-refractivity contribution in [2.45, 2.75) is 50.7 Å². The van der Waals surface area contributed by atoms with Gasteiger partial charge in [-0.2, -0.15) is 13.2 Å². The highest BCUT2D eigenvalue weighted by molar-refractivity contribution is 5.04. The summed E-state index contributed by atoms with van der Waals surface area (Å²) in [7, 11) is 0. The van der Waals surface area contributed by atoms with Crippen LogP contribution in [-0.2, 0) is 4.74 Å². The van der Waals surface area contributed by atoms with Crippen LogP contribution >= 0.6 is 0 Å². The molecular formula is C11H17F3O2. The van der Waals surface area contributed by atoms with Crippen molar-refractivity contribution >= 4 is 0 Å². The van der Waals surface area contributed by atoms with Gasteiger partial charge < -0.3 is 9.84 Å². The zero-order valence-corrected chi connectivity index (χ0v) is 9.26. The molecule has 0 aliphatic heterocycles. The van der Waals surface area contributed by atoms with Crippen molar-refractivity contribution in [3.05, 3.63) is 12.7 Å². The highest BCUT2D eigenvalue weighted by Gasteiger charge is 2.60. The van der Waals surface area contributed by atoms with Crippen molar-refractivity contribution in [2.75, 3.05) is 0 Å². The van der Waals surface area contributed by atoms with E-state index < -0.39 is 24.0 Å². The molecule has 16 heavy (non-hydrogen) atoms. The molecule has 0 aromatic heterocycles. The van der Waals surface area contributed by atoms with Crippen molar-refractivity contribution in [1.29, 1.82) is 0 Å². The molecule has 1 saturated carbocycles. The van der Waals surface area contributed by atoms with Gasteiger partial charge in [0.1, 0.15) is 0 Å². The second-order valence-electron chi connectivity index (χ2n) is 4.19. The Hall–Kier alpha value is -0.550. The lowest BCUT2D eigenvalue weighted by atomic mass is 9.74. The first-order valence-electron chi connectivity index (χ1n) is 5.38. The Labute approximate surface area is 93.1 Å². The van der Waals surface area contributed by atoms with E-state index in [4.69, 9.17) is 9.84 Å². The van der Waals surface area contributed by atoms with Gasteiger partial charge in [-0.3, -0.25) is 0 Å². The van der Waals surface area contributed by atoms with E-state index in [1.54, 1.807) is 0 Å². The Bertz CT molecular complexity index is 250. The molecule has 1 fully saturated rings. The van der Waals surface area contributed by atoms with Crippen LogP contribution in [0.2, 0.25) is 0 Å². The molecule has 94 valence electrons. The number of rotatable bonds is 3. The zero-order valence-electron chi connectivity index (χ0n) is 9.26. The Morgan fingerprint density at radius 1 is 1.50 bits per heavy atom. The van der Waals surface area contributed by atoms with Crippen LogP contribution in [-0.4, -0.2) is 23.2 Å². The fourth-order valence-electron chi connectivity index (χ4n) is 2.35. The van der Waals surface area contributed by atoms with Gasteiger partial charge in [-0.05, 0) is 19.8 Å². The molecule has 1 N–H and O–H groups in total. The van der Waals surface area contributed by atoms with Gasteiger partial charge in [0.05, 0.1) is 0 Å². The van der Waals surface area contributed by atoms with Gasteiger partial charge >= 0.3 is 6.18 Å². The van der Waals surface area contributed by atoms with Crippen molar-refractivity contribution < 1.29 is 23.0 Å². The first-order chi connectivity index (χ1) is 7.33. The third kappa shape index (κ3) is 2.40. The highest BCUT2D eigenvalue weighted by atomic mass is 19.4. The number of halogens is 3. The predicted molar refractivity (Wildman–Crippen MR) is 53.7 cm³/mol. The molecule has 1 rings (SSSR count). The average Bonchev–Trinajstić information content (AvgIpc) is 2.15. The fraction of sp³-hybridized carbons (Fsp3) is 0.818. The Morgan fingerprint density at radius 3 is 2.56 bits per heavy atom. The van der Waals surface area contributed by atoms with Crippen LogP contribution in [0.1, 0.15) is 32.6 Å². The first-order valence-corrected chi connectivity index (χ1v) is 5.38. The molecule has 2 nitrogen and oxygen atoms in total. The van der Waals surface area contributed by atoms with Gasteiger partial charge in [-0.25, -0.2) is 0 Å². The molecule has 1 aliphatic rings. The number of aliphatic hydroxyl groups is 1. The lowest BCUT2D eigenvalue weighted by Crippen LogP contribution is -2.55. The second kappa shape index (κ2) is 4.75. The minimum Gasteiger partial charge on any atom is -0.368 e. The summed E-state index contributed by atoms with van der Waals surface area (Å²) in [5.41, 5.74) is -2.26. The van der Waals surface area contributed by atoms with E-state index in [0.29, 0.717) is 12.8 Å². The summed E-state index contributed by atoms with van der Waals surface area (Å²) in [5.74, 6) is -0.782. The smallest absolute Gasteiger partial charge is 0.368 e. The van der Waals surface area contributed by atoms with Gasteiger partial charge in [-0.1, -0.05) is 18.9 Å². The van der Waals surface area contributed by atoms with Crippen LogP contribution in [0.25, 0.3) is 0 Å². The number of hydrogen-bond acceptors (Lipinski definition) is 2. The standard InChI is InChI=1S/C11H17F3O2/c1-3-9-6-4-5-7-10(9,11(12,13)14)16-8(2)15/h3,8-9,15H,1,4-7H2,2H3. The van der Waals surface area contributed by atoms with E-state index in [-0.39, 0.29) is 6.42 Å². The molecule has 3 unspecified atom stereocenters. The molecule has 0 amide bonds. The summed E-state index contributed by atoms with van der Waals surface area (Å²) in [4.78, 5) is 0. The van der Waals surface area contributed by atoms with Crippen molar-refractivity contribution in [2.24, 2.45) is 5.92 Å². The van der Waals surface area contributed by atoms with Gasteiger partial charge in [0.25, 0.3) is 0 Å². The lowest BCUT2D eigenvalue weighted by Gasteiger charge is -2.44. The maximum atomic E-state index is 13.1.